The number of pyridine rings is 1. The Morgan fingerprint density at radius 1 is 1.24 bits per heavy atom. The third-order valence-electron chi connectivity index (χ3n) is 3.95. The average molecular weight is 312 g/mol. The molecule has 116 valence electrons. The fourth-order valence-corrected chi connectivity index (χ4v) is 2.43. The van der Waals surface area contributed by atoms with Gasteiger partial charge >= 0.3 is 7.12 Å². The van der Waals surface area contributed by atoms with Crippen molar-refractivity contribution in [1.82, 2.24) is 4.98 Å². The van der Waals surface area contributed by atoms with E-state index >= 15 is 0 Å². The molecule has 1 aliphatic heterocycles. The van der Waals surface area contributed by atoms with Crippen LogP contribution in [0.2, 0.25) is 0 Å². The molecule has 1 fully saturated rings. The zero-order valence-corrected chi connectivity index (χ0v) is 13.8. The molecule has 2 rings (SSSR count). The van der Waals surface area contributed by atoms with Crippen LogP contribution in [0.5, 0.6) is 0 Å². The zero-order valence-electron chi connectivity index (χ0n) is 13.0. The lowest BCUT2D eigenvalue weighted by Crippen LogP contribution is -2.41. The van der Waals surface area contributed by atoms with Crippen molar-refractivity contribution in [1.29, 1.82) is 0 Å². The molecule has 0 saturated carbocycles. The van der Waals surface area contributed by atoms with Gasteiger partial charge in [-0.05, 0) is 52.2 Å². The van der Waals surface area contributed by atoms with Crippen molar-refractivity contribution in [2.24, 2.45) is 0 Å². The number of hydrogen-bond donors (Lipinski definition) is 1. The van der Waals surface area contributed by atoms with Crippen molar-refractivity contribution in [2.45, 2.75) is 45.8 Å². The highest BCUT2D eigenvalue weighted by Crippen LogP contribution is 2.36. The van der Waals surface area contributed by atoms with Gasteiger partial charge in [0.2, 0.25) is 10.0 Å². The van der Waals surface area contributed by atoms with E-state index in [1.807, 2.05) is 27.7 Å². The van der Waals surface area contributed by atoms with Crippen LogP contribution in [0.15, 0.2) is 18.3 Å². The van der Waals surface area contributed by atoms with Crippen molar-refractivity contribution in [3.8, 4) is 0 Å². The highest BCUT2D eigenvalue weighted by molar-refractivity contribution is 7.92. The van der Waals surface area contributed by atoms with Crippen LogP contribution in [0.25, 0.3) is 0 Å². The first-order chi connectivity index (χ1) is 9.56. The Kier molecular flexibility index (Phi) is 4.07. The van der Waals surface area contributed by atoms with Crippen molar-refractivity contribution >= 4 is 28.4 Å². The number of rotatable bonds is 4. The minimum Gasteiger partial charge on any atom is -0.399 e. The molecule has 0 spiro atoms. The molecular formula is C13H21BN2O4S. The number of aromatic nitrogens is 1. The average Bonchev–Trinajstić information content (AvgIpc) is 2.58. The number of hydrogen-bond acceptors (Lipinski definition) is 5. The number of nitrogens with zero attached hydrogens (tertiary/aromatic N) is 1. The van der Waals surface area contributed by atoms with E-state index in [9.17, 15) is 8.42 Å². The fourth-order valence-electron chi connectivity index (χ4n) is 1.86. The number of sulfonamides is 1. The zero-order chi connectivity index (χ0) is 15.9. The van der Waals surface area contributed by atoms with Gasteiger partial charge in [-0.3, -0.25) is 4.72 Å². The molecule has 0 atom stereocenters. The molecule has 0 bridgehead atoms. The quantitative estimate of drug-likeness (QED) is 0.844. The summed E-state index contributed by atoms with van der Waals surface area (Å²) in [6.07, 6.45) is 1.54. The highest BCUT2D eigenvalue weighted by Gasteiger charge is 2.51. The SMILES string of the molecule is CCS(=O)(=O)Nc1cc(B2OC(C)(C)C(C)(C)O2)ccn1. The van der Waals surface area contributed by atoms with Gasteiger partial charge in [-0.15, -0.1) is 0 Å². The van der Waals surface area contributed by atoms with E-state index in [-0.39, 0.29) is 11.6 Å². The van der Waals surface area contributed by atoms with Gasteiger partial charge in [0.25, 0.3) is 0 Å². The first kappa shape index (κ1) is 16.3. The minimum atomic E-state index is -3.35. The highest BCUT2D eigenvalue weighted by atomic mass is 32.2. The Balaban J connectivity index is 2.24. The lowest BCUT2D eigenvalue weighted by Gasteiger charge is -2.32. The molecule has 6 nitrogen and oxygen atoms in total. The molecule has 0 radical (unpaired) electrons. The van der Waals surface area contributed by atoms with Crippen molar-refractivity contribution < 1.29 is 17.7 Å². The molecular weight excluding hydrogens is 291 g/mol. The van der Waals surface area contributed by atoms with Gasteiger partial charge in [-0.2, -0.15) is 0 Å². The Morgan fingerprint density at radius 2 is 1.81 bits per heavy atom. The van der Waals surface area contributed by atoms with Gasteiger partial charge in [0.1, 0.15) is 5.82 Å². The maximum atomic E-state index is 11.6. The molecule has 0 aliphatic carbocycles. The monoisotopic (exact) mass is 312 g/mol. The van der Waals surface area contributed by atoms with Crippen LogP contribution in [-0.4, -0.2) is 37.5 Å². The second kappa shape index (κ2) is 5.26. The fraction of sp³-hybridized carbons (Fsp3) is 0.615. The number of nitrogens with one attached hydrogen (secondary N) is 1. The lowest BCUT2D eigenvalue weighted by atomic mass is 9.80. The first-order valence-corrected chi connectivity index (χ1v) is 8.53. The molecule has 2 heterocycles. The van der Waals surface area contributed by atoms with Crippen LogP contribution in [0.3, 0.4) is 0 Å². The lowest BCUT2D eigenvalue weighted by molar-refractivity contribution is 0.00578. The van der Waals surface area contributed by atoms with E-state index in [1.54, 1.807) is 19.1 Å². The molecule has 1 aromatic heterocycles. The summed E-state index contributed by atoms with van der Waals surface area (Å²) >= 11 is 0. The van der Waals surface area contributed by atoms with Crippen LogP contribution in [-0.2, 0) is 19.3 Å². The summed E-state index contributed by atoms with van der Waals surface area (Å²) in [5.74, 6) is 0.263. The predicted octanol–water partition coefficient (Wildman–Crippen LogP) is 1.14. The maximum absolute atomic E-state index is 11.6. The van der Waals surface area contributed by atoms with E-state index in [1.165, 1.54) is 6.20 Å². The van der Waals surface area contributed by atoms with Gasteiger partial charge in [-0.25, -0.2) is 13.4 Å². The summed E-state index contributed by atoms with van der Waals surface area (Å²) in [6.45, 7) is 9.44. The Hall–Kier alpha value is -1.12. The topological polar surface area (TPSA) is 77.5 Å². The normalized spacial score (nSPS) is 20.5. The van der Waals surface area contributed by atoms with Crippen LogP contribution in [0, 0.1) is 0 Å². The molecule has 1 saturated heterocycles. The van der Waals surface area contributed by atoms with Crippen LogP contribution in [0.4, 0.5) is 5.82 Å². The van der Waals surface area contributed by atoms with Crippen LogP contribution in [0.1, 0.15) is 34.6 Å². The summed E-state index contributed by atoms with van der Waals surface area (Å²) in [6, 6.07) is 3.39. The third kappa shape index (κ3) is 3.38. The van der Waals surface area contributed by atoms with Crippen molar-refractivity contribution in [3.05, 3.63) is 18.3 Å². The van der Waals surface area contributed by atoms with Gasteiger partial charge in [0, 0.05) is 6.20 Å². The predicted molar refractivity (Wildman–Crippen MR) is 83.0 cm³/mol. The van der Waals surface area contributed by atoms with E-state index < -0.39 is 28.3 Å². The summed E-state index contributed by atoms with van der Waals surface area (Å²) in [5, 5.41) is 0. The van der Waals surface area contributed by atoms with Crippen LogP contribution < -0.4 is 10.2 Å². The number of anilines is 1. The molecule has 8 heteroatoms. The van der Waals surface area contributed by atoms with Gasteiger partial charge < -0.3 is 9.31 Å². The van der Waals surface area contributed by atoms with Gasteiger partial charge in [0.05, 0.1) is 17.0 Å². The third-order valence-corrected chi connectivity index (χ3v) is 5.23. The van der Waals surface area contributed by atoms with Gasteiger partial charge in [0.15, 0.2) is 0 Å². The largest absolute Gasteiger partial charge is 0.495 e. The Labute approximate surface area is 126 Å². The second-order valence-electron chi connectivity index (χ2n) is 6.07. The maximum Gasteiger partial charge on any atom is 0.495 e. The molecule has 21 heavy (non-hydrogen) atoms. The van der Waals surface area contributed by atoms with Crippen LogP contribution >= 0.6 is 0 Å². The van der Waals surface area contributed by atoms with E-state index in [0.29, 0.717) is 0 Å². The molecule has 1 aliphatic rings. The van der Waals surface area contributed by atoms with E-state index in [2.05, 4.69) is 9.71 Å². The standard InChI is InChI=1S/C13H21BN2O4S/c1-6-21(17,18)16-11-9-10(7-8-15-11)14-19-12(2,3)13(4,5)20-14/h7-9H,6H2,1-5H3,(H,15,16). The van der Waals surface area contributed by atoms with Crippen molar-refractivity contribution in [2.75, 3.05) is 10.5 Å². The summed E-state index contributed by atoms with van der Waals surface area (Å²) < 4.78 is 37.5. The molecule has 0 amide bonds. The van der Waals surface area contributed by atoms with Crippen molar-refractivity contribution in [3.63, 3.8) is 0 Å². The summed E-state index contributed by atoms with van der Waals surface area (Å²) in [7, 11) is -3.89. The Bertz CT molecular complexity index is 615. The molecule has 1 N–H and O–H groups in total. The molecule has 0 unspecified atom stereocenters. The summed E-state index contributed by atoms with van der Waals surface area (Å²) in [5.41, 5.74) is -0.147. The molecule has 0 aromatic carbocycles. The summed E-state index contributed by atoms with van der Waals surface area (Å²) in [4.78, 5) is 4.02. The second-order valence-corrected chi connectivity index (χ2v) is 8.08. The minimum absolute atomic E-state index is 0.00457. The Morgan fingerprint density at radius 3 is 2.33 bits per heavy atom. The van der Waals surface area contributed by atoms with E-state index in [4.69, 9.17) is 9.31 Å². The van der Waals surface area contributed by atoms with Gasteiger partial charge in [-0.1, -0.05) is 0 Å². The first-order valence-electron chi connectivity index (χ1n) is 6.88. The smallest absolute Gasteiger partial charge is 0.399 e. The van der Waals surface area contributed by atoms with E-state index in [0.717, 1.165) is 5.46 Å². The molecule has 1 aromatic rings.